The van der Waals surface area contributed by atoms with Gasteiger partial charge in [-0.2, -0.15) is 0 Å². The van der Waals surface area contributed by atoms with Gasteiger partial charge in [-0.05, 0) is 48.9 Å². The molecule has 2 N–H and O–H groups in total. The molecule has 19 heavy (non-hydrogen) atoms. The van der Waals surface area contributed by atoms with Gasteiger partial charge < -0.3 is 0 Å². The van der Waals surface area contributed by atoms with E-state index in [0.717, 1.165) is 24.0 Å². The summed E-state index contributed by atoms with van der Waals surface area (Å²) in [6.07, 6.45) is 4.24. The second-order valence-corrected chi connectivity index (χ2v) is 6.42. The first-order valence-corrected chi connectivity index (χ1v) is 7.99. The number of benzene rings is 1. The van der Waals surface area contributed by atoms with Gasteiger partial charge in [0.05, 0.1) is 4.90 Å². The maximum atomic E-state index is 12.0. The number of nitrogens with two attached hydrogens (primary N) is 1. The summed E-state index contributed by atoms with van der Waals surface area (Å²) in [5, 5.41) is 5.25. The average Bonchev–Trinajstić information content (AvgIpc) is 2.81. The maximum Gasteiger partial charge on any atom is 0.238 e. The van der Waals surface area contributed by atoms with E-state index in [0.29, 0.717) is 31.2 Å². The third-order valence-corrected chi connectivity index (χ3v) is 4.43. The summed E-state index contributed by atoms with van der Waals surface area (Å²) in [6, 6.07) is 3.26. The number of carbonyl (C=O) groups is 1. The van der Waals surface area contributed by atoms with Crippen molar-refractivity contribution in [3.8, 4) is 0 Å². The Morgan fingerprint density at radius 1 is 1.32 bits per heavy atom. The van der Waals surface area contributed by atoms with Crippen LogP contribution in [0.5, 0.6) is 0 Å². The monoisotopic (exact) mass is 280 g/mol. The zero-order chi connectivity index (χ0) is 14.0. The van der Waals surface area contributed by atoms with Crippen LogP contribution in [0.4, 0.5) is 0 Å². The van der Waals surface area contributed by atoms with Gasteiger partial charge in [-0.15, -0.1) is 0 Å². The molecule has 103 valence electrons. The molecule has 2 rings (SSSR count). The number of hydrogen-bond donors (Lipinski definition) is 1. The highest BCUT2D eigenvalue weighted by molar-refractivity contribution is 7.89. The maximum absolute atomic E-state index is 12.0. The van der Waals surface area contributed by atoms with Crippen LogP contribution in [0.1, 0.15) is 47.2 Å². The Hall–Kier alpha value is -1.20. The van der Waals surface area contributed by atoms with E-state index >= 15 is 0 Å². The number of Topliss-reactive ketones (excluding diaryl/α,β-unsaturated/α-hetero) is 1. The van der Waals surface area contributed by atoms with E-state index in [-0.39, 0.29) is 10.7 Å². The molecular formula is C14H18NO3S. The average molecular weight is 280 g/mol. The van der Waals surface area contributed by atoms with Crippen LogP contribution in [0.3, 0.4) is 0 Å². The molecule has 1 aromatic rings. The molecule has 0 aliphatic heterocycles. The lowest BCUT2D eigenvalue weighted by Crippen LogP contribution is -2.16. The smallest absolute Gasteiger partial charge is 0.238 e. The Labute approximate surface area is 114 Å². The van der Waals surface area contributed by atoms with Crippen molar-refractivity contribution < 1.29 is 13.2 Å². The highest BCUT2D eigenvalue weighted by Crippen LogP contribution is 2.30. The lowest BCUT2D eigenvalue weighted by atomic mass is 10.0. The van der Waals surface area contributed by atoms with Crippen molar-refractivity contribution in [3.05, 3.63) is 35.7 Å². The molecule has 0 fully saturated rings. The minimum Gasteiger partial charge on any atom is -0.294 e. The summed E-state index contributed by atoms with van der Waals surface area (Å²) >= 11 is 0. The lowest BCUT2D eigenvalue weighted by Gasteiger charge is -2.09. The van der Waals surface area contributed by atoms with E-state index in [2.05, 4.69) is 6.92 Å². The van der Waals surface area contributed by atoms with Gasteiger partial charge in [0.2, 0.25) is 10.0 Å². The third kappa shape index (κ3) is 3.04. The van der Waals surface area contributed by atoms with Gasteiger partial charge in [-0.3, -0.25) is 4.79 Å². The third-order valence-electron chi connectivity index (χ3n) is 3.46. The largest absolute Gasteiger partial charge is 0.294 e. The highest BCUT2D eigenvalue weighted by Gasteiger charge is 2.23. The number of aryl methyl sites for hydroxylation is 1. The molecule has 0 bridgehead atoms. The Bertz CT molecular complexity index is 605. The minimum absolute atomic E-state index is 0.0387. The number of carbonyl (C=O) groups excluding carboxylic acids is 1. The molecule has 1 aromatic carbocycles. The van der Waals surface area contributed by atoms with Crippen LogP contribution in [-0.2, 0) is 22.9 Å². The fourth-order valence-electron chi connectivity index (χ4n) is 2.51. The number of fused-ring (bicyclic) bond motifs is 1. The summed E-state index contributed by atoms with van der Waals surface area (Å²) in [5.41, 5.74) is 2.19. The number of rotatable bonds is 5. The molecule has 0 heterocycles. The van der Waals surface area contributed by atoms with Crippen molar-refractivity contribution >= 4 is 15.8 Å². The SMILES string of the molecule is [CH2]CCCC(=O)c1cc2c(c(S(N)(=O)=O)c1)CCC2. The molecule has 0 saturated heterocycles. The molecule has 0 saturated carbocycles. The van der Waals surface area contributed by atoms with Crippen molar-refractivity contribution in [2.75, 3.05) is 0 Å². The molecule has 1 aliphatic carbocycles. The van der Waals surface area contributed by atoms with Crippen molar-refractivity contribution in [1.82, 2.24) is 0 Å². The quantitative estimate of drug-likeness (QED) is 0.838. The van der Waals surface area contributed by atoms with E-state index in [1.165, 1.54) is 6.07 Å². The van der Waals surface area contributed by atoms with Crippen LogP contribution in [0, 0.1) is 6.92 Å². The number of unbranched alkanes of at least 4 members (excludes halogenated alkanes) is 1. The first-order chi connectivity index (χ1) is 8.93. The molecule has 5 heteroatoms. The Morgan fingerprint density at radius 3 is 2.68 bits per heavy atom. The topological polar surface area (TPSA) is 77.2 Å². The van der Waals surface area contributed by atoms with Crippen molar-refractivity contribution in [3.63, 3.8) is 0 Å². The number of ketones is 1. The molecule has 4 nitrogen and oxygen atoms in total. The Morgan fingerprint density at radius 2 is 2.05 bits per heavy atom. The first-order valence-electron chi connectivity index (χ1n) is 6.44. The van der Waals surface area contributed by atoms with Crippen molar-refractivity contribution in [2.45, 2.75) is 43.4 Å². The molecule has 1 radical (unpaired) electrons. The van der Waals surface area contributed by atoms with Gasteiger partial charge in [0.1, 0.15) is 0 Å². The summed E-state index contributed by atoms with van der Waals surface area (Å²) in [7, 11) is -3.77. The van der Waals surface area contributed by atoms with E-state index in [1.807, 2.05) is 6.07 Å². The zero-order valence-corrected chi connectivity index (χ0v) is 11.6. The Balaban J connectivity index is 2.45. The lowest BCUT2D eigenvalue weighted by molar-refractivity contribution is 0.0980. The van der Waals surface area contributed by atoms with Crippen LogP contribution >= 0.6 is 0 Å². The standard InChI is InChI=1S/C14H18NO3S/c1-2-3-7-13(16)11-8-10-5-4-6-12(10)14(9-11)19(15,17)18/h8-9H,1-7H2,(H2,15,17,18). The fraction of sp³-hybridized carbons (Fsp3) is 0.429. The van der Waals surface area contributed by atoms with Crippen molar-refractivity contribution in [2.24, 2.45) is 5.14 Å². The normalized spacial score (nSPS) is 14.4. The van der Waals surface area contributed by atoms with Crippen LogP contribution in [0.2, 0.25) is 0 Å². The summed E-state index contributed by atoms with van der Waals surface area (Å²) < 4.78 is 23.3. The molecule has 0 atom stereocenters. The second kappa shape index (κ2) is 5.43. The highest BCUT2D eigenvalue weighted by atomic mass is 32.2. The Kier molecular flexibility index (Phi) is 4.06. The van der Waals surface area contributed by atoms with Gasteiger partial charge >= 0.3 is 0 Å². The van der Waals surface area contributed by atoms with Gasteiger partial charge in [-0.25, -0.2) is 13.6 Å². The molecule has 0 spiro atoms. The molecule has 1 aliphatic rings. The van der Waals surface area contributed by atoms with Crippen LogP contribution in [0.15, 0.2) is 17.0 Å². The van der Waals surface area contributed by atoms with E-state index in [9.17, 15) is 13.2 Å². The van der Waals surface area contributed by atoms with Crippen LogP contribution in [-0.4, -0.2) is 14.2 Å². The first kappa shape index (κ1) is 14.2. The number of hydrogen-bond acceptors (Lipinski definition) is 3. The molecule has 0 unspecified atom stereocenters. The van der Waals surface area contributed by atoms with Gasteiger partial charge in [0.15, 0.2) is 5.78 Å². The molecule has 0 aromatic heterocycles. The zero-order valence-electron chi connectivity index (χ0n) is 10.8. The predicted octanol–water partition coefficient (Wildman–Crippen LogP) is 2.01. The van der Waals surface area contributed by atoms with Gasteiger partial charge in [0, 0.05) is 12.0 Å². The van der Waals surface area contributed by atoms with Crippen LogP contribution in [0.25, 0.3) is 0 Å². The van der Waals surface area contributed by atoms with Gasteiger partial charge in [-0.1, -0.05) is 13.3 Å². The summed E-state index contributed by atoms with van der Waals surface area (Å²) in [5.74, 6) is -0.0387. The second-order valence-electron chi connectivity index (χ2n) is 4.89. The summed E-state index contributed by atoms with van der Waals surface area (Å²) in [4.78, 5) is 12.1. The summed E-state index contributed by atoms with van der Waals surface area (Å²) in [6.45, 7) is 3.70. The van der Waals surface area contributed by atoms with E-state index < -0.39 is 10.0 Å². The van der Waals surface area contributed by atoms with Crippen LogP contribution < -0.4 is 5.14 Å². The number of sulfonamides is 1. The fourth-order valence-corrected chi connectivity index (χ4v) is 3.38. The predicted molar refractivity (Wildman–Crippen MR) is 73.4 cm³/mol. The van der Waals surface area contributed by atoms with Crippen molar-refractivity contribution in [1.29, 1.82) is 0 Å². The minimum atomic E-state index is -3.77. The van der Waals surface area contributed by atoms with E-state index in [1.54, 1.807) is 0 Å². The van der Waals surface area contributed by atoms with E-state index in [4.69, 9.17) is 5.14 Å². The number of primary sulfonamides is 1. The molecular weight excluding hydrogens is 262 g/mol. The van der Waals surface area contributed by atoms with Gasteiger partial charge in [0.25, 0.3) is 0 Å². The molecule has 0 amide bonds.